The van der Waals surface area contributed by atoms with Gasteiger partial charge in [-0.25, -0.2) is 0 Å². The summed E-state index contributed by atoms with van der Waals surface area (Å²) in [5.74, 6) is -0.139. The highest BCUT2D eigenvalue weighted by molar-refractivity contribution is 6.04. The Balaban J connectivity index is 1.59. The largest absolute Gasteiger partial charge is 0.376 e. The van der Waals surface area contributed by atoms with Crippen molar-refractivity contribution in [2.75, 3.05) is 22.5 Å². The zero-order valence-corrected chi connectivity index (χ0v) is 17.6. The number of anilines is 3. The van der Waals surface area contributed by atoms with E-state index in [-0.39, 0.29) is 23.8 Å². The van der Waals surface area contributed by atoms with E-state index < -0.39 is 0 Å². The summed E-state index contributed by atoms with van der Waals surface area (Å²) in [6, 6.07) is 16.2. The second-order valence-electron chi connectivity index (χ2n) is 8.08. The van der Waals surface area contributed by atoms with Crippen LogP contribution < -0.4 is 16.0 Å². The van der Waals surface area contributed by atoms with Crippen LogP contribution in [0, 0.1) is 6.92 Å². The normalized spacial score (nSPS) is 11.1. The van der Waals surface area contributed by atoms with Crippen LogP contribution in [0.4, 0.5) is 17.3 Å². The Morgan fingerprint density at radius 3 is 2.40 bits per heavy atom. The molecule has 0 unspecified atom stereocenters. The van der Waals surface area contributed by atoms with E-state index in [1.807, 2.05) is 58.0 Å². The Morgan fingerprint density at radius 2 is 1.73 bits per heavy atom. The maximum Gasteiger partial charge on any atom is 0.255 e. The van der Waals surface area contributed by atoms with Crippen LogP contribution >= 0.6 is 0 Å². The van der Waals surface area contributed by atoms with E-state index in [4.69, 9.17) is 4.52 Å². The maximum absolute atomic E-state index is 12.3. The fraction of sp³-hybridized carbons (Fsp3) is 0.261. The molecule has 0 fully saturated rings. The number of carbonyl (C=O) groups excluding carboxylic acids is 2. The second kappa shape index (κ2) is 8.82. The smallest absolute Gasteiger partial charge is 0.255 e. The lowest BCUT2D eigenvalue weighted by atomic mass is 9.92. The van der Waals surface area contributed by atoms with Gasteiger partial charge in [0, 0.05) is 28.4 Å². The molecule has 0 aliphatic carbocycles. The summed E-state index contributed by atoms with van der Waals surface area (Å²) in [7, 11) is 0. The minimum absolute atomic E-state index is 0.0441. The number of carbonyl (C=O) groups is 2. The summed E-state index contributed by atoms with van der Waals surface area (Å²) in [4.78, 5) is 24.6. The Hall–Kier alpha value is -3.61. The summed E-state index contributed by atoms with van der Waals surface area (Å²) in [6.45, 7) is 8.02. The van der Waals surface area contributed by atoms with Crippen molar-refractivity contribution in [2.45, 2.75) is 33.1 Å². The van der Waals surface area contributed by atoms with Gasteiger partial charge in [0.2, 0.25) is 11.8 Å². The van der Waals surface area contributed by atoms with Crippen molar-refractivity contribution in [2.24, 2.45) is 0 Å². The fourth-order valence-electron chi connectivity index (χ4n) is 2.73. The number of aromatic nitrogens is 1. The molecule has 0 aliphatic rings. The highest BCUT2D eigenvalue weighted by atomic mass is 16.5. The Bertz CT molecular complexity index is 1040. The van der Waals surface area contributed by atoms with E-state index in [0.29, 0.717) is 17.1 Å². The summed E-state index contributed by atoms with van der Waals surface area (Å²) in [6.07, 6.45) is 0. The Morgan fingerprint density at radius 1 is 1.00 bits per heavy atom. The van der Waals surface area contributed by atoms with Crippen molar-refractivity contribution in [1.29, 1.82) is 0 Å². The molecule has 30 heavy (non-hydrogen) atoms. The number of rotatable bonds is 6. The molecular weight excluding hydrogens is 380 g/mol. The maximum atomic E-state index is 12.3. The minimum atomic E-state index is -0.260. The molecule has 1 heterocycles. The van der Waals surface area contributed by atoms with Crippen molar-refractivity contribution in [3.8, 4) is 0 Å². The van der Waals surface area contributed by atoms with Crippen LogP contribution in [0.2, 0.25) is 0 Å². The molecule has 0 spiro atoms. The van der Waals surface area contributed by atoms with Crippen molar-refractivity contribution in [3.05, 3.63) is 71.4 Å². The van der Waals surface area contributed by atoms with E-state index in [9.17, 15) is 9.59 Å². The zero-order valence-electron chi connectivity index (χ0n) is 17.6. The zero-order chi connectivity index (χ0) is 21.7. The molecule has 2 aromatic carbocycles. The van der Waals surface area contributed by atoms with Gasteiger partial charge in [0.15, 0.2) is 0 Å². The number of aryl methyl sites for hydroxylation is 1. The Labute approximate surface area is 175 Å². The quantitative estimate of drug-likeness (QED) is 0.557. The Kier molecular flexibility index (Phi) is 6.20. The molecule has 0 atom stereocenters. The van der Waals surface area contributed by atoms with Gasteiger partial charge in [0.25, 0.3) is 5.91 Å². The van der Waals surface area contributed by atoms with Crippen LogP contribution in [-0.2, 0) is 10.2 Å². The molecule has 0 bridgehead atoms. The van der Waals surface area contributed by atoms with Gasteiger partial charge in [-0.2, -0.15) is 0 Å². The summed E-state index contributed by atoms with van der Waals surface area (Å²) < 4.78 is 5.19. The van der Waals surface area contributed by atoms with Gasteiger partial charge in [-0.3, -0.25) is 14.9 Å². The highest BCUT2D eigenvalue weighted by Gasteiger charge is 2.19. The van der Waals surface area contributed by atoms with E-state index in [1.54, 1.807) is 24.3 Å². The summed E-state index contributed by atoms with van der Waals surface area (Å²) in [5.41, 5.74) is 3.53. The molecule has 7 nitrogen and oxygen atoms in total. The van der Waals surface area contributed by atoms with Crippen molar-refractivity contribution in [3.63, 3.8) is 0 Å². The highest BCUT2D eigenvalue weighted by Crippen LogP contribution is 2.24. The molecule has 3 aromatic rings. The average Bonchev–Trinajstić information content (AvgIpc) is 3.18. The molecule has 0 aliphatic heterocycles. The van der Waals surface area contributed by atoms with Crippen molar-refractivity contribution < 1.29 is 14.1 Å². The first kappa shape index (κ1) is 21.1. The van der Waals surface area contributed by atoms with Gasteiger partial charge in [-0.15, -0.1) is 0 Å². The summed E-state index contributed by atoms with van der Waals surface area (Å²) >= 11 is 0. The van der Waals surface area contributed by atoms with Crippen LogP contribution in [0.15, 0.2) is 59.1 Å². The first-order valence-electron chi connectivity index (χ1n) is 9.70. The molecule has 0 radical (unpaired) electrons. The van der Waals surface area contributed by atoms with Gasteiger partial charge in [-0.05, 0) is 36.8 Å². The van der Waals surface area contributed by atoms with Crippen LogP contribution in [0.1, 0.15) is 42.4 Å². The number of benzene rings is 2. The molecule has 7 heteroatoms. The van der Waals surface area contributed by atoms with E-state index in [0.717, 1.165) is 16.9 Å². The molecule has 1 aromatic heterocycles. The molecule has 0 saturated heterocycles. The monoisotopic (exact) mass is 406 g/mol. The lowest BCUT2D eigenvalue weighted by molar-refractivity contribution is -0.114. The van der Waals surface area contributed by atoms with Crippen LogP contribution in [0.3, 0.4) is 0 Å². The molecular formula is C23H26N4O3. The van der Waals surface area contributed by atoms with Gasteiger partial charge < -0.3 is 15.2 Å². The average molecular weight is 406 g/mol. The second-order valence-corrected chi connectivity index (χ2v) is 8.08. The molecule has 3 N–H and O–H groups in total. The van der Waals surface area contributed by atoms with Gasteiger partial charge >= 0.3 is 0 Å². The standard InChI is InChI=1S/C23H26N4O3/c1-15-10-11-17(25-22(29)16-8-6-5-7-9-16)12-18(15)24-14-20(28)26-21-13-19(27-30-21)23(2,3)4/h5-13,24H,14H2,1-4H3,(H,25,29)(H,26,28). The minimum Gasteiger partial charge on any atom is -0.376 e. The molecule has 156 valence electrons. The van der Waals surface area contributed by atoms with Crippen LogP contribution in [0.5, 0.6) is 0 Å². The predicted molar refractivity (Wildman–Crippen MR) is 118 cm³/mol. The first-order chi connectivity index (χ1) is 14.2. The van der Waals surface area contributed by atoms with E-state index >= 15 is 0 Å². The van der Waals surface area contributed by atoms with E-state index in [1.165, 1.54) is 0 Å². The topological polar surface area (TPSA) is 96.3 Å². The third-order valence-corrected chi connectivity index (χ3v) is 4.51. The number of hydrogen-bond donors (Lipinski definition) is 3. The van der Waals surface area contributed by atoms with Crippen LogP contribution in [-0.4, -0.2) is 23.5 Å². The number of amides is 2. The number of nitrogens with zero attached hydrogens (tertiary/aromatic N) is 1. The predicted octanol–water partition coefficient (Wildman–Crippen LogP) is 4.58. The number of nitrogens with one attached hydrogen (secondary N) is 3. The summed E-state index contributed by atoms with van der Waals surface area (Å²) in [5, 5.41) is 12.6. The SMILES string of the molecule is Cc1ccc(NC(=O)c2ccccc2)cc1NCC(=O)Nc1cc(C(C)(C)C)no1. The van der Waals surface area contributed by atoms with Crippen molar-refractivity contribution >= 4 is 29.1 Å². The third kappa shape index (κ3) is 5.47. The third-order valence-electron chi connectivity index (χ3n) is 4.51. The lowest BCUT2D eigenvalue weighted by Gasteiger charge is -2.13. The van der Waals surface area contributed by atoms with Crippen molar-refractivity contribution in [1.82, 2.24) is 5.16 Å². The fourth-order valence-corrected chi connectivity index (χ4v) is 2.73. The van der Waals surface area contributed by atoms with E-state index in [2.05, 4.69) is 21.1 Å². The molecule has 3 rings (SSSR count). The van der Waals surface area contributed by atoms with Gasteiger partial charge in [0.1, 0.15) is 0 Å². The van der Waals surface area contributed by atoms with Gasteiger partial charge in [-0.1, -0.05) is 50.2 Å². The van der Waals surface area contributed by atoms with Gasteiger partial charge in [0.05, 0.1) is 12.2 Å². The number of hydrogen-bond acceptors (Lipinski definition) is 5. The molecule has 2 amide bonds. The molecule has 0 saturated carbocycles. The van der Waals surface area contributed by atoms with Crippen LogP contribution in [0.25, 0.3) is 0 Å². The lowest BCUT2D eigenvalue weighted by Crippen LogP contribution is -2.22. The first-order valence-corrected chi connectivity index (χ1v) is 9.70.